The molecule has 9 heteroatoms. The number of benzene rings is 1. The summed E-state index contributed by atoms with van der Waals surface area (Å²) < 4.78 is 40.2. The summed E-state index contributed by atoms with van der Waals surface area (Å²) in [7, 11) is 0. The van der Waals surface area contributed by atoms with E-state index in [9.17, 15) is 13.2 Å². The van der Waals surface area contributed by atoms with E-state index in [1.54, 1.807) is 0 Å². The number of fused-ring (bicyclic) bond motifs is 2. The fourth-order valence-electron chi connectivity index (χ4n) is 2.52. The maximum atomic E-state index is 12.9. The Morgan fingerprint density at radius 3 is 2.60 bits per heavy atom. The van der Waals surface area contributed by atoms with Gasteiger partial charge in [0, 0.05) is 5.39 Å². The van der Waals surface area contributed by atoms with Gasteiger partial charge in [-0.1, -0.05) is 35.9 Å². The Bertz CT molecular complexity index is 1090. The van der Waals surface area contributed by atoms with E-state index in [1.165, 1.54) is 10.9 Å². The normalized spacial score (nSPS) is 12.2. The van der Waals surface area contributed by atoms with Crippen LogP contribution in [0.1, 0.15) is 11.5 Å². The number of hydrogen-bond acceptors (Lipinski definition) is 4. The van der Waals surface area contributed by atoms with Crippen LogP contribution >= 0.6 is 11.6 Å². The van der Waals surface area contributed by atoms with E-state index in [2.05, 4.69) is 19.9 Å². The summed E-state index contributed by atoms with van der Waals surface area (Å²) in [5.41, 5.74) is 1.60. The molecule has 0 aliphatic heterocycles. The molecule has 0 saturated heterocycles. The third kappa shape index (κ3) is 2.89. The molecule has 126 valence electrons. The number of para-hydroxylation sites is 1. The molecule has 0 aliphatic carbocycles. The standard InChI is InChI=1S/C16H9ClF3N5/c17-13-12-14(24-15(23-13)16(18,19)20)25(8-21-12)7-10-6-5-9-3-1-2-4-11(9)22-10/h1-6,8H,7H2. The van der Waals surface area contributed by atoms with E-state index < -0.39 is 12.0 Å². The Morgan fingerprint density at radius 2 is 1.80 bits per heavy atom. The maximum Gasteiger partial charge on any atom is 0.451 e. The van der Waals surface area contributed by atoms with E-state index in [4.69, 9.17) is 11.6 Å². The largest absolute Gasteiger partial charge is 0.451 e. The Morgan fingerprint density at radius 1 is 1.00 bits per heavy atom. The second kappa shape index (κ2) is 5.66. The van der Waals surface area contributed by atoms with E-state index in [0.29, 0.717) is 5.69 Å². The van der Waals surface area contributed by atoms with Gasteiger partial charge >= 0.3 is 6.18 Å². The first-order valence-electron chi connectivity index (χ1n) is 7.22. The molecule has 1 aromatic carbocycles. The lowest BCUT2D eigenvalue weighted by Gasteiger charge is -2.08. The fourth-order valence-corrected chi connectivity index (χ4v) is 2.74. The average Bonchev–Trinajstić information content (AvgIpc) is 2.97. The summed E-state index contributed by atoms with van der Waals surface area (Å²) >= 11 is 5.82. The summed E-state index contributed by atoms with van der Waals surface area (Å²) in [4.78, 5) is 15.4. The van der Waals surface area contributed by atoms with Gasteiger partial charge < -0.3 is 4.57 Å². The summed E-state index contributed by atoms with van der Waals surface area (Å²) in [6.45, 7) is 0.214. The van der Waals surface area contributed by atoms with Crippen LogP contribution in [-0.2, 0) is 12.7 Å². The third-order valence-electron chi connectivity index (χ3n) is 3.66. The minimum Gasteiger partial charge on any atom is -0.309 e. The highest BCUT2D eigenvalue weighted by atomic mass is 35.5. The summed E-state index contributed by atoms with van der Waals surface area (Å²) in [6.07, 6.45) is -3.31. The molecule has 0 amide bonds. The smallest absolute Gasteiger partial charge is 0.309 e. The molecule has 0 bridgehead atoms. The fraction of sp³-hybridized carbons (Fsp3) is 0.125. The predicted octanol–water partition coefficient (Wildman–Crippen LogP) is 4.10. The van der Waals surface area contributed by atoms with Crippen molar-refractivity contribution in [2.75, 3.05) is 0 Å². The van der Waals surface area contributed by atoms with Crippen LogP contribution in [0.15, 0.2) is 42.7 Å². The molecule has 0 saturated carbocycles. The van der Waals surface area contributed by atoms with Crippen LogP contribution in [0.25, 0.3) is 22.1 Å². The van der Waals surface area contributed by atoms with Crippen LogP contribution in [0.3, 0.4) is 0 Å². The van der Waals surface area contributed by atoms with Gasteiger partial charge in [0.1, 0.15) is 5.52 Å². The highest BCUT2D eigenvalue weighted by Crippen LogP contribution is 2.29. The molecular weight excluding hydrogens is 355 g/mol. The average molecular weight is 364 g/mol. The zero-order valence-electron chi connectivity index (χ0n) is 12.5. The molecule has 0 N–H and O–H groups in total. The van der Waals surface area contributed by atoms with E-state index in [1.807, 2.05) is 36.4 Å². The minimum atomic E-state index is -4.69. The number of hydrogen-bond donors (Lipinski definition) is 0. The Hall–Kier alpha value is -2.74. The highest BCUT2D eigenvalue weighted by molar-refractivity contribution is 6.33. The lowest BCUT2D eigenvalue weighted by molar-refractivity contribution is -0.144. The molecule has 3 aromatic heterocycles. The van der Waals surface area contributed by atoms with Crippen molar-refractivity contribution in [3.05, 3.63) is 59.4 Å². The van der Waals surface area contributed by atoms with Gasteiger partial charge in [0.05, 0.1) is 24.1 Å². The van der Waals surface area contributed by atoms with Gasteiger partial charge in [-0.15, -0.1) is 0 Å². The van der Waals surface area contributed by atoms with Crippen molar-refractivity contribution in [1.82, 2.24) is 24.5 Å². The van der Waals surface area contributed by atoms with Gasteiger partial charge in [-0.2, -0.15) is 13.2 Å². The molecule has 0 unspecified atom stereocenters. The lowest BCUT2D eigenvalue weighted by atomic mass is 10.2. The number of halogens is 4. The van der Waals surface area contributed by atoms with E-state index in [-0.39, 0.29) is 22.9 Å². The topological polar surface area (TPSA) is 56.5 Å². The quantitative estimate of drug-likeness (QED) is 0.503. The second-order valence-electron chi connectivity index (χ2n) is 5.38. The van der Waals surface area contributed by atoms with Gasteiger partial charge in [0.2, 0.25) is 5.82 Å². The molecular formula is C16H9ClF3N5. The van der Waals surface area contributed by atoms with Crippen LogP contribution in [0, 0.1) is 0 Å². The number of rotatable bonds is 2. The highest BCUT2D eigenvalue weighted by Gasteiger charge is 2.36. The van der Waals surface area contributed by atoms with Crippen molar-refractivity contribution >= 4 is 33.7 Å². The molecule has 0 spiro atoms. The molecule has 0 fully saturated rings. The molecule has 0 atom stereocenters. The second-order valence-corrected chi connectivity index (χ2v) is 5.73. The number of nitrogens with zero attached hydrogens (tertiary/aromatic N) is 5. The van der Waals surface area contributed by atoms with Gasteiger partial charge in [-0.3, -0.25) is 4.98 Å². The number of alkyl halides is 3. The minimum absolute atomic E-state index is 0.0160. The van der Waals surface area contributed by atoms with Gasteiger partial charge in [0.15, 0.2) is 10.8 Å². The maximum absolute atomic E-state index is 12.9. The van der Waals surface area contributed by atoms with Crippen LogP contribution in [-0.4, -0.2) is 24.5 Å². The molecule has 25 heavy (non-hydrogen) atoms. The monoisotopic (exact) mass is 363 g/mol. The van der Waals surface area contributed by atoms with Gasteiger partial charge in [-0.05, 0) is 12.1 Å². The molecule has 0 aliphatic rings. The third-order valence-corrected chi connectivity index (χ3v) is 3.93. The van der Waals surface area contributed by atoms with Crippen molar-refractivity contribution in [2.45, 2.75) is 12.7 Å². The number of imidazole rings is 1. The zero-order valence-corrected chi connectivity index (χ0v) is 13.3. The Kier molecular flexibility index (Phi) is 3.57. The van der Waals surface area contributed by atoms with Gasteiger partial charge in [0.25, 0.3) is 0 Å². The first-order chi connectivity index (χ1) is 11.9. The van der Waals surface area contributed by atoms with Crippen LogP contribution in [0.2, 0.25) is 5.15 Å². The van der Waals surface area contributed by atoms with Crippen molar-refractivity contribution in [1.29, 1.82) is 0 Å². The molecule has 0 radical (unpaired) electrons. The van der Waals surface area contributed by atoms with Crippen LogP contribution < -0.4 is 0 Å². The molecule has 4 aromatic rings. The van der Waals surface area contributed by atoms with Crippen LogP contribution in [0.5, 0.6) is 0 Å². The molecule has 3 heterocycles. The van der Waals surface area contributed by atoms with Crippen molar-refractivity contribution in [2.24, 2.45) is 0 Å². The SMILES string of the molecule is FC(F)(F)c1nc(Cl)c2ncn(Cc3ccc4ccccc4n3)c2n1. The van der Waals surface area contributed by atoms with Crippen molar-refractivity contribution < 1.29 is 13.2 Å². The van der Waals surface area contributed by atoms with E-state index >= 15 is 0 Å². The zero-order chi connectivity index (χ0) is 17.6. The first kappa shape index (κ1) is 15.8. The molecule has 4 rings (SSSR count). The van der Waals surface area contributed by atoms with Gasteiger partial charge in [-0.25, -0.2) is 15.0 Å². The number of pyridine rings is 1. The summed E-state index contributed by atoms with van der Waals surface area (Å²) in [5, 5.41) is 0.647. The Labute approximate surface area is 144 Å². The Balaban J connectivity index is 1.79. The summed E-state index contributed by atoms with van der Waals surface area (Å²) in [5.74, 6) is -1.29. The summed E-state index contributed by atoms with van der Waals surface area (Å²) in [6, 6.07) is 11.3. The van der Waals surface area contributed by atoms with E-state index in [0.717, 1.165) is 10.9 Å². The predicted molar refractivity (Wildman–Crippen MR) is 86.2 cm³/mol. The van der Waals surface area contributed by atoms with Crippen molar-refractivity contribution in [3.63, 3.8) is 0 Å². The lowest BCUT2D eigenvalue weighted by Crippen LogP contribution is -2.12. The van der Waals surface area contributed by atoms with Crippen LogP contribution in [0.4, 0.5) is 13.2 Å². The van der Waals surface area contributed by atoms with Crippen molar-refractivity contribution in [3.8, 4) is 0 Å². The number of aromatic nitrogens is 5. The first-order valence-corrected chi connectivity index (χ1v) is 7.60. The molecule has 5 nitrogen and oxygen atoms in total.